The molecule has 2 heteroatoms. The highest BCUT2D eigenvalue weighted by Crippen LogP contribution is 2.23. The molecule has 0 saturated carbocycles. The van der Waals surface area contributed by atoms with Crippen molar-refractivity contribution in [1.82, 2.24) is 4.57 Å². The lowest BCUT2D eigenvalue weighted by Crippen LogP contribution is -2.33. The van der Waals surface area contributed by atoms with Crippen LogP contribution < -0.4 is 4.57 Å². The molecule has 2 aromatic rings. The number of hydrogen-bond acceptors (Lipinski definition) is 0. The molecule has 80 valence electrons. The minimum atomic E-state index is 0.405. The van der Waals surface area contributed by atoms with Crippen LogP contribution in [0.3, 0.4) is 0 Å². The van der Waals surface area contributed by atoms with Gasteiger partial charge in [0, 0.05) is 0 Å². The number of benzene rings is 1. The number of nitrogens with zero attached hydrogens (tertiary/aromatic N) is 2. The third-order valence-corrected chi connectivity index (χ3v) is 3.34. The molecule has 0 radical (unpaired) electrons. The molecule has 1 aromatic heterocycles. The fraction of sp³-hybridized carbons (Fsp3) is 0.214. The van der Waals surface area contributed by atoms with Crippen LogP contribution in [0.4, 0.5) is 0 Å². The van der Waals surface area contributed by atoms with Crippen LogP contribution in [0, 0.1) is 0 Å². The number of hydrogen-bond donors (Lipinski definition) is 0. The normalized spacial score (nSPS) is 15.4. The number of para-hydroxylation sites is 2. The van der Waals surface area contributed by atoms with Crippen molar-refractivity contribution in [2.75, 3.05) is 0 Å². The molecule has 1 aliphatic rings. The van der Waals surface area contributed by atoms with Gasteiger partial charge in [-0.3, -0.25) is 0 Å². The van der Waals surface area contributed by atoms with E-state index >= 15 is 0 Å². The maximum atomic E-state index is 2.28. The van der Waals surface area contributed by atoms with E-state index in [1.165, 1.54) is 16.9 Å². The van der Waals surface area contributed by atoms with E-state index in [1.54, 1.807) is 0 Å². The largest absolute Gasteiger partial charge is 0.267 e. The van der Waals surface area contributed by atoms with Crippen LogP contribution in [-0.4, -0.2) is 4.57 Å². The van der Waals surface area contributed by atoms with E-state index in [0.29, 0.717) is 5.92 Å². The van der Waals surface area contributed by atoms with Gasteiger partial charge in [0.15, 0.2) is 11.0 Å². The minimum absolute atomic E-state index is 0.405. The second kappa shape index (κ2) is 3.34. The van der Waals surface area contributed by atoms with Crippen LogP contribution in [0.15, 0.2) is 48.6 Å². The first-order chi connectivity index (χ1) is 7.79. The van der Waals surface area contributed by atoms with E-state index in [9.17, 15) is 0 Å². The second-order valence-electron chi connectivity index (χ2n) is 4.26. The third kappa shape index (κ3) is 1.16. The average molecular weight is 211 g/mol. The van der Waals surface area contributed by atoms with Crippen LogP contribution in [0.1, 0.15) is 11.7 Å². The fourth-order valence-electron chi connectivity index (χ4n) is 2.55. The first-order valence-corrected chi connectivity index (χ1v) is 5.57. The predicted octanol–water partition coefficient (Wildman–Crippen LogP) is 2.21. The van der Waals surface area contributed by atoms with Crippen molar-refractivity contribution in [3.05, 3.63) is 54.4 Å². The minimum Gasteiger partial charge on any atom is -0.229 e. The van der Waals surface area contributed by atoms with Crippen molar-refractivity contribution in [1.29, 1.82) is 0 Å². The first-order valence-electron chi connectivity index (χ1n) is 5.57. The molecule has 0 aliphatic heterocycles. The second-order valence-corrected chi connectivity index (χ2v) is 4.26. The summed E-state index contributed by atoms with van der Waals surface area (Å²) >= 11 is 0. The van der Waals surface area contributed by atoms with E-state index in [2.05, 4.69) is 71.8 Å². The molecular weight excluding hydrogens is 196 g/mol. The Morgan fingerprint density at radius 1 is 1.12 bits per heavy atom. The Bertz CT molecular complexity index is 551. The molecule has 0 spiro atoms. The molecule has 0 unspecified atom stereocenters. The van der Waals surface area contributed by atoms with Gasteiger partial charge in [-0.25, -0.2) is 9.13 Å². The smallest absolute Gasteiger partial charge is 0.229 e. The highest BCUT2D eigenvalue weighted by Gasteiger charge is 2.25. The third-order valence-electron chi connectivity index (χ3n) is 3.34. The summed E-state index contributed by atoms with van der Waals surface area (Å²) in [5, 5.41) is 0. The monoisotopic (exact) mass is 211 g/mol. The predicted molar refractivity (Wildman–Crippen MR) is 65.1 cm³/mol. The van der Waals surface area contributed by atoms with Gasteiger partial charge < -0.3 is 0 Å². The molecule has 1 aromatic carbocycles. The van der Waals surface area contributed by atoms with Crippen molar-refractivity contribution < 1.29 is 4.57 Å². The summed E-state index contributed by atoms with van der Waals surface area (Å²) in [6, 6.07) is 8.52. The summed E-state index contributed by atoms with van der Waals surface area (Å²) in [4.78, 5) is 0. The molecule has 0 bridgehead atoms. The summed E-state index contributed by atoms with van der Waals surface area (Å²) in [5.74, 6) is 1.73. The lowest BCUT2D eigenvalue weighted by atomic mass is 10.1. The Morgan fingerprint density at radius 2 is 1.81 bits per heavy atom. The maximum absolute atomic E-state index is 2.28. The molecule has 0 fully saturated rings. The highest BCUT2D eigenvalue weighted by atomic mass is 15.1. The quantitative estimate of drug-likeness (QED) is 0.639. The van der Waals surface area contributed by atoms with Crippen molar-refractivity contribution in [2.45, 2.75) is 5.92 Å². The Hall–Kier alpha value is -1.83. The summed E-state index contributed by atoms with van der Waals surface area (Å²) < 4.78 is 4.56. The van der Waals surface area contributed by atoms with Crippen LogP contribution in [0.5, 0.6) is 0 Å². The topological polar surface area (TPSA) is 8.81 Å². The van der Waals surface area contributed by atoms with Gasteiger partial charge in [0.05, 0.1) is 20.0 Å². The lowest BCUT2D eigenvalue weighted by molar-refractivity contribution is -0.654. The zero-order chi connectivity index (χ0) is 11.1. The van der Waals surface area contributed by atoms with E-state index in [-0.39, 0.29) is 0 Å². The van der Waals surface area contributed by atoms with Gasteiger partial charge >= 0.3 is 0 Å². The van der Waals surface area contributed by atoms with Gasteiger partial charge in [0.1, 0.15) is 0 Å². The Kier molecular flexibility index (Phi) is 1.96. The summed E-state index contributed by atoms with van der Waals surface area (Å²) in [6.07, 6.45) is 8.69. The fourth-order valence-corrected chi connectivity index (χ4v) is 2.55. The van der Waals surface area contributed by atoms with E-state index in [0.717, 1.165) is 0 Å². The molecule has 1 heterocycles. The van der Waals surface area contributed by atoms with E-state index in [1.807, 2.05) is 0 Å². The van der Waals surface area contributed by atoms with Gasteiger partial charge in [0.2, 0.25) is 0 Å². The van der Waals surface area contributed by atoms with E-state index < -0.39 is 0 Å². The summed E-state index contributed by atoms with van der Waals surface area (Å²) in [5.41, 5.74) is 2.57. The van der Waals surface area contributed by atoms with Gasteiger partial charge in [-0.2, -0.15) is 0 Å². The van der Waals surface area contributed by atoms with Crippen LogP contribution >= 0.6 is 0 Å². The first kappa shape index (κ1) is 9.40. The van der Waals surface area contributed by atoms with Gasteiger partial charge in [-0.1, -0.05) is 36.4 Å². The molecule has 0 saturated heterocycles. The van der Waals surface area contributed by atoms with Gasteiger partial charge in [0.25, 0.3) is 5.82 Å². The molecule has 0 atom stereocenters. The van der Waals surface area contributed by atoms with Gasteiger partial charge in [-0.15, -0.1) is 0 Å². The van der Waals surface area contributed by atoms with Gasteiger partial charge in [-0.05, 0) is 12.1 Å². The van der Waals surface area contributed by atoms with Crippen LogP contribution in [0.25, 0.3) is 11.0 Å². The molecular formula is C14H15N2+. The van der Waals surface area contributed by atoms with Crippen molar-refractivity contribution in [2.24, 2.45) is 14.1 Å². The number of aromatic nitrogens is 2. The zero-order valence-corrected chi connectivity index (χ0v) is 9.59. The number of fused-ring (bicyclic) bond motifs is 1. The number of allylic oxidation sites excluding steroid dienone is 4. The van der Waals surface area contributed by atoms with E-state index in [4.69, 9.17) is 0 Å². The molecule has 3 rings (SSSR count). The maximum Gasteiger partial charge on any atom is 0.267 e. The van der Waals surface area contributed by atoms with Crippen molar-refractivity contribution in [3.63, 3.8) is 0 Å². The summed E-state index contributed by atoms with van der Waals surface area (Å²) in [6.45, 7) is 0. The molecule has 0 amide bonds. The van der Waals surface area contributed by atoms with Crippen LogP contribution in [0.2, 0.25) is 0 Å². The zero-order valence-electron chi connectivity index (χ0n) is 9.59. The Balaban J connectivity index is 2.32. The number of aryl methyl sites for hydroxylation is 2. The lowest BCUT2D eigenvalue weighted by Gasteiger charge is -2.01. The molecule has 1 aliphatic carbocycles. The summed E-state index contributed by atoms with van der Waals surface area (Å²) in [7, 11) is 4.27. The van der Waals surface area contributed by atoms with Crippen LogP contribution in [-0.2, 0) is 14.1 Å². The Morgan fingerprint density at radius 3 is 2.50 bits per heavy atom. The highest BCUT2D eigenvalue weighted by molar-refractivity contribution is 5.72. The standard InChI is InChI=1S/C14H15N2/c1-15-12-9-5-6-10-13(12)16(2)14(15)11-7-3-4-8-11/h3-11H,1-2H3/q+1. The molecule has 2 nitrogen and oxygen atoms in total. The molecule has 0 N–H and O–H groups in total. The Labute approximate surface area is 95.1 Å². The number of rotatable bonds is 1. The molecule has 16 heavy (non-hydrogen) atoms. The van der Waals surface area contributed by atoms with Crippen molar-refractivity contribution >= 4 is 11.0 Å². The average Bonchev–Trinajstić information content (AvgIpc) is 2.89. The number of imidazole rings is 1. The van der Waals surface area contributed by atoms with Crippen molar-refractivity contribution in [3.8, 4) is 0 Å². The SMILES string of the molecule is Cn1c(C2C=CC=C2)[n+](C)c2ccccc21.